The molecule has 0 bridgehead atoms. The highest BCUT2D eigenvalue weighted by molar-refractivity contribution is 7.99. The zero-order valence-electron chi connectivity index (χ0n) is 18.2. The van der Waals surface area contributed by atoms with Crippen molar-refractivity contribution in [3.63, 3.8) is 0 Å². The summed E-state index contributed by atoms with van der Waals surface area (Å²) in [5, 5.41) is 14.5. The van der Waals surface area contributed by atoms with E-state index >= 15 is 0 Å². The number of rotatable bonds is 5. The normalized spacial score (nSPS) is 15.2. The lowest BCUT2D eigenvalue weighted by Gasteiger charge is -2.28. The molecule has 0 spiro atoms. The third-order valence-corrected chi connectivity index (χ3v) is 6.51. The number of nitro benzene ring substituents is 1. The van der Waals surface area contributed by atoms with Gasteiger partial charge in [0, 0.05) is 17.3 Å². The van der Waals surface area contributed by atoms with E-state index in [4.69, 9.17) is 23.8 Å². The fourth-order valence-corrected chi connectivity index (χ4v) is 4.47. The Morgan fingerprint density at radius 3 is 2.41 bits per heavy atom. The van der Waals surface area contributed by atoms with Crippen LogP contribution >= 0.6 is 35.6 Å². The van der Waals surface area contributed by atoms with Crippen LogP contribution in [0.5, 0.6) is 0 Å². The molecule has 0 atom stereocenters. The van der Waals surface area contributed by atoms with Gasteiger partial charge in [-0.3, -0.25) is 29.9 Å². The predicted molar refractivity (Wildman–Crippen MR) is 134 cm³/mol. The Morgan fingerprint density at radius 1 is 1.11 bits per heavy atom. The first-order valence-electron chi connectivity index (χ1n) is 10.1. The van der Waals surface area contributed by atoms with E-state index < -0.39 is 34.2 Å². The van der Waals surface area contributed by atoms with Crippen LogP contribution in [0.3, 0.4) is 0 Å². The molecule has 2 heterocycles. The van der Waals surface area contributed by atoms with E-state index in [1.807, 2.05) is 0 Å². The van der Waals surface area contributed by atoms with Gasteiger partial charge in [0.1, 0.15) is 10.6 Å². The predicted octanol–water partition coefficient (Wildman–Crippen LogP) is 5.64. The lowest BCUT2D eigenvalue weighted by molar-refractivity contribution is -0.387. The van der Waals surface area contributed by atoms with E-state index in [9.17, 15) is 32.9 Å². The third-order valence-electron chi connectivity index (χ3n) is 4.96. The van der Waals surface area contributed by atoms with Crippen molar-refractivity contribution in [1.82, 2.24) is 10.3 Å². The monoisotopic (exact) mass is 564 g/mol. The van der Waals surface area contributed by atoms with Crippen molar-refractivity contribution in [2.75, 3.05) is 4.90 Å². The van der Waals surface area contributed by atoms with Crippen molar-refractivity contribution >= 4 is 70.0 Å². The molecule has 1 aromatic heterocycles. The number of nitro groups is 1. The van der Waals surface area contributed by atoms with E-state index in [0.717, 1.165) is 34.9 Å². The van der Waals surface area contributed by atoms with Gasteiger partial charge in [-0.2, -0.15) is 13.2 Å². The second kappa shape index (κ2) is 10.3. The van der Waals surface area contributed by atoms with Gasteiger partial charge in [0.15, 0.2) is 5.11 Å². The van der Waals surface area contributed by atoms with Gasteiger partial charge in [0.05, 0.1) is 21.1 Å². The fraction of sp³-hybridized carbons (Fsp3) is 0.0435. The van der Waals surface area contributed by atoms with Gasteiger partial charge in [0.2, 0.25) is 0 Å². The molecule has 0 unspecified atom stereocenters. The SMILES string of the molecule is O=C1NC(=S)N(c2ccc(Cl)cc2)C(=O)C1=Cc1ccc(Sc2ccc(C(F)(F)F)cn2)c([N+](=O)[O-])c1. The standard InChI is InChI=1S/C23H12ClF3N4O4S2/c24-14-3-5-15(6-4-14)30-21(33)16(20(32)29-22(30)36)9-12-1-7-18(17(10-12)31(34)35)37-19-8-2-13(11-28-19)23(25,26)27/h1-11H,(H,29,32,36). The average molecular weight is 565 g/mol. The molecule has 2 aromatic carbocycles. The number of hydrogen-bond acceptors (Lipinski definition) is 7. The van der Waals surface area contributed by atoms with Crippen LogP contribution < -0.4 is 10.2 Å². The molecule has 1 aliphatic heterocycles. The van der Waals surface area contributed by atoms with Crippen LogP contribution in [-0.2, 0) is 15.8 Å². The number of benzene rings is 2. The number of nitrogens with zero attached hydrogens (tertiary/aromatic N) is 3. The summed E-state index contributed by atoms with van der Waals surface area (Å²) in [4.78, 5) is 41.5. The quantitative estimate of drug-likeness (QED) is 0.140. The van der Waals surface area contributed by atoms with Crippen molar-refractivity contribution in [3.05, 3.63) is 92.6 Å². The molecule has 0 aliphatic carbocycles. The Morgan fingerprint density at radius 2 is 1.81 bits per heavy atom. The van der Waals surface area contributed by atoms with Gasteiger partial charge in [-0.15, -0.1) is 0 Å². The number of halogens is 4. The highest BCUT2D eigenvalue weighted by Crippen LogP contribution is 2.36. The number of carbonyl (C=O) groups is 2. The van der Waals surface area contributed by atoms with E-state index in [1.54, 1.807) is 0 Å². The zero-order valence-corrected chi connectivity index (χ0v) is 20.5. The maximum Gasteiger partial charge on any atom is 0.417 e. The molecule has 1 saturated heterocycles. The molecule has 4 rings (SSSR count). The molecular formula is C23H12ClF3N4O4S2. The third kappa shape index (κ3) is 5.79. The van der Waals surface area contributed by atoms with Crippen LogP contribution in [0.2, 0.25) is 5.02 Å². The maximum atomic E-state index is 13.1. The molecule has 8 nitrogen and oxygen atoms in total. The summed E-state index contributed by atoms with van der Waals surface area (Å²) in [7, 11) is 0. The topological polar surface area (TPSA) is 105 Å². The van der Waals surface area contributed by atoms with Gasteiger partial charge < -0.3 is 0 Å². The molecule has 14 heteroatoms. The van der Waals surface area contributed by atoms with E-state index in [2.05, 4.69) is 10.3 Å². The Hall–Kier alpha value is -3.81. The Balaban J connectivity index is 1.65. The molecule has 1 fully saturated rings. The van der Waals surface area contributed by atoms with Crippen molar-refractivity contribution in [2.24, 2.45) is 0 Å². The van der Waals surface area contributed by atoms with Gasteiger partial charge >= 0.3 is 6.18 Å². The Labute approximate surface area is 221 Å². The molecule has 1 N–H and O–H groups in total. The largest absolute Gasteiger partial charge is 0.417 e. The number of carbonyl (C=O) groups excluding carboxylic acids is 2. The van der Waals surface area contributed by atoms with Gasteiger partial charge in [-0.05, 0) is 66.3 Å². The summed E-state index contributed by atoms with van der Waals surface area (Å²) >= 11 is 11.8. The number of hydrogen-bond donors (Lipinski definition) is 1. The smallest absolute Gasteiger partial charge is 0.298 e. The summed E-state index contributed by atoms with van der Waals surface area (Å²) in [6, 6.07) is 12.0. The van der Waals surface area contributed by atoms with Crippen LogP contribution in [0, 0.1) is 10.1 Å². The summed E-state index contributed by atoms with van der Waals surface area (Å²) in [6.07, 6.45) is -2.75. The summed E-state index contributed by atoms with van der Waals surface area (Å²) in [6.45, 7) is 0. The van der Waals surface area contributed by atoms with E-state index in [-0.39, 0.29) is 26.2 Å². The highest BCUT2D eigenvalue weighted by atomic mass is 35.5. The average Bonchev–Trinajstić information content (AvgIpc) is 2.83. The first-order valence-corrected chi connectivity index (χ1v) is 11.7. The Kier molecular flexibility index (Phi) is 7.30. The summed E-state index contributed by atoms with van der Waals surface area (Å²) in [5.74, 6) is -1.53. The van der Waals surface area contributed by atoms with Gasteiger partial charge in [-0.25, -0.2) is 4.98 Å². The second-order valence-corrected chi connectivity index (χ2v) is 9.29. The van der Waals surface area contributed by atoms with Crippen molar-refractivity contribution < 1.29 is 27.7 Å². The number of amides is 2. The number of nitrogens with one attached hydrogen (secondary N) is 1. The van der Waals surface area contributed by atoms with Crippen molar-refractivity contribution in [2.45, 2.75) is 16.1 Å². The van der Waals surface area contributed by atoms with Crippen LogP contribution in [0.1, 0.15) is 11.1 Å². The minimum absolute atomic E-state index is 0.0998. The van der Waals surface area contributed by atoms with Crippen molar-refractivity contribution in [1.29, 1.82) is 0 Å². The van der Waals surface area contributed by atoms with Crippen LogP contribution in [0.4, 0.5) is 24.5 Å². The fourth-order valence-electron chi connectivity index (χ4n) is 3.22. The van der Waals surface area contributed by atoms with E-state index in [1.165, 1.54) is 42.5 Å². The molecule has 188 valence electrons. The lowest BCUT2D eigenvalue weighted by atomic mass is 10.1. The highest BCUT2D eigenvalue weighted by Gasteiger charge is 2.35. The zero-order chi connectivity index (χ0) is 26.9. The minimum Gasteiger partial charge on any atom is -0.298 e. The molecular weight excluding hydrogens is 553 g/mol. The molecule has 2 amide bonds. The summed E-state index contributed by atoms with van der Waals surface area (Å²) < 4.78 is 38.3. The van der Waals surface area contributed by atoms with E-state index in [0.29, 0.717) is 16.9 Å². The maximum absolute atomic E-state index is 13.1. The van der Waals surface area contributed by atoms with Gasteiger partial charge in [0.25, 0.3) is 17.5 Å². The minimum atomic E-state index is -4.56. The molecule has 0 saturated carbocycles. The molecule has 3 aromatic rings. The number of anilines is 1. The number of pyridine rings is 1. The lowest BCUT2D eigenvalue weighted by Crippen LogP contribution is -2.54. The first kappa shape index (κ1) is 26.3. The Bertz CT molecular complexity index is 1460. The van der Waals surface area contributed by atoms with Crippen LogP contribution in [0.15, 0.2) is 76.3 Å². The molecule has 1 aliphatic rings. The number of alkyl halides is 3. The second-order valence-electron chi connectivity index (χ2n) is 7.40. The number of thiocarbonyl (C=S) groups is 1. The van der Waals surface area contributed by atoms with Crippen LogP contribution in [0.25, 0.3) is 6.08 Å². The van der Waals surface area contributed by atoms with Crippen molar-refractivity contribution in [3.8, 4) is 0 Å². The molecule has 37 heavy (non-hydrogen) atoms. The van der Waals surface area contributed by atoms with Gasteiger partial charge in [-0.1, -0.05) is 29.4 Å². The first-order chi connectivity index (χ1) is 17.4. The molecule has 0 radical (unpaired) electrons. The van der Waals surface area contributed by atoms with Crippen LogP contribution in [-0.4, -0.2) is 26.8 Å². The summed E-state index contributed by atoms with van der Waals surface area (Å²) in [5.41, 5.74) is -1.14. The number of aromatic nitrogens is 1.